The van der Waals surface area contributed by atoms with Crippen molar-refractivity contribution in [2.75, 3.05) is 13.1 Å². The summed E-state index contributed by atoms with van der Waals surface area (Å²) in [6, 6.07) is 6.22. The Morgan fingerprint density at radius 3 is 2.47 bits per heavy atom. The zero-order valence-corrected chi connectivity index (χ0v) is 10.5. The molecular weight excluding hydrogens is 242 g/mol. The fourth-order valence-electron chi connectivity index (χ4n) is 1.97. The van der Waals surface area contributed by atoms with Crippen LogP contribution in [0.25, 0.3) is 0 Å². The van der Waals surface area contributed by atoms with Gasteiger partial charge in [0.1, 0.15) is 0 Å². The van der Waals surface area contributed by atoms with Crippen LogP contribution in [0, 0.1) is 18.3 Å². The van der Waals surface area contributed by atoms with Gasteiger partial charge >= 0.3 is 5.97 Å². The van der Waals surface area contributed by atoms with Gasteiger partial charge in [-0.05, 0) is 30.9 Å². The molecule has 98 valence electrons. The second-order valence-electron chi connectivity index (χ2n) is 4.68. The van der Waals surface area contributed by atoms with Crippen LogP contribution in [0.5, 0.6) is 0 Å². The minimum absolute atomic E-state index is 0.0188. The van der Waals surface area contributed by atoms with Gasteiger partial charge < -0.3 is 10.0 Å². The summed E-state index contributed by atoms with van der Waals surface area (Å²) in [5, 5.41) is 9.11. The molecule has 0 aliphatic heterocycles. The van der Waals surface area contributed by atoms with Crippen LogP contribution in [0.2, 0.25) is 0 Å². The topological polar surface area (TPSA) is 57.6 Å². The first kappa shape index (κ1) is 13.2. The lowest BCUT2D eigenvalue weighted by Crippen LogP contribution is -2.34. The first-order valence-electron chi connectivity index (χ1n) is 6.18. The third kappa shape index (κ3) is 3.14. The maximum atomic E-state index is 12.4. The summed E-state index contributed by atoms with van der Waals surface area (Å²) >= 11 is 0. The van der Waals surface area contributed by atoms with E-state index >= 15 is 0 Å². The molecule has 1 fully saturated rings. The highest BCUT2D eigenvalue weighted by molar-refractivity contribution is 6.04. The van der Waals surface area contributed by atoms with Gasteiger partial charge in [0.25, 0.3) is 5.91 Å². The SMILES string of the molecule is C#CCN(CC1CC1)C(=O)c1ccccc1C(=O)O. The Hall–Kier alpha value is -2.28. The van der Waals surface area contributed by atoms with Crippen molar-refractivity contribution < 1.29 is 14.7 Å². The molecule has 1 saturated carbocycles. The number of terminal acetylenes is 1. The van der Waals surface area contributed by atoms with Crippen molar-refractivity contribution in [1.29, 1.82) is 0 Å². The van der Waals surface area contributed by atoms with E-state index in [0.717, 1.165) is 12.8 Å². The predicted octanol–water partition coefficient (Wildman–Crippen LogP) is 1.87. The van der Waals surface area contributed by atoms with Crippen LogP contribution >= 0.6 is 0 Å². The molecule has 1 aromatic carbocycles. The van der Waals surface area contributed by atoms with Crippen molar-refractivity contribution >= 4 is 11.9 Å². The van der Waals surface area contributed by atoms with Crippen molar-refractivity contribution in [1.82, 2.24) is 4.90 Å². The van der Waals surface area contributed by atoms with E-state index in [1.165, 1.54) is 12.1 Å². The molecule has 0 spiro atoms. The summed E-state index contributed by atoms with van der Waals surface area (Å²) in [6.07, 6.45) is 7.49. The van der Waals surface area contributed by atoms with Crippen LogP contribution < -0.4 is 0 Å². The normalized spacial score (nSPS) is 13.6. The lowest BCUT2D eigenvalue weighted by Gasteiger charge is -2.20. The van der Waals surface area contributed by atoms with Crippen molar-refractivity contribution in [3.63, 3.8) is 0 Å². The Morgan fingerprint density at radius 1 is 1.32 bits per heavy atom. The van der Waals surface area contributed by atoms with E-state index in [2.05, 4.69) is 5.92 Å². The molecule has 4 heteroatoms. The van der Waals surface area contributed by atoms with Crippen molar-refractivity contribution in [3.05, 3.63) is 35.4 Å². The van der Waals surface area contributed by atoms with Crippen LogP contribution in [0.1, 0.15) is 33.6 Å². The summed E-state index contributed by atoms with van der Waals surface area (Å²) in [6.45, 7) is 0.820. The number of aromatic carboxylic acids is 1. The number of rotatable bonds is 5. The molecule has 1 N–H and O–H groups in total. The summed E-state index contributed by atoms with van der Waals surface area (Å²) < 4.78 is 0. The molecule has 1 aromatic rings. The van der Waals surface area contributed by atoms with Crippen molar-refractivity contribution in [3.8, 4) is 12.3 Å². The fraction of sp³-hybridized carbons (Fsp3) is 0.333. The van der Waals surface area contributed by atoms with Crippen LogP contribution in [-0.4, -0.2) is 35.0 Å². The molecule has 0 unspecified atom stereocenters. The molecule has 4 nitrogen and oxygen atoms in total. The van der Waals surface area contributed by atoms with Gasteiger partial charge in [0, 0.05) is 6.54 Å². The highest BCUT2D eigenvalue weighted by Gasteiger charge is 2.28. The molecule has 0 heterocycles. The number of nitrogens with zero attached hydrogens (tertiary/aromatic N) is 1. The Kier molecular flexibility index (Phi) is 3.86. The first-order valence-corrected chi connectivity index (χ1v) is 6.18. The zero-order valence-electron chi connectivity index (χ0n) is 10.5. The highest BCUT2D eigenvalue weighted by atomic mass is 16.4. The monoisotopic (exact) mass is 257 g/mol. The van der Waals surface area contributed by atoms with Crippen LogP contribution in [-0.2, 0) is 0 Å². The smallest absolute Gasteiger partial charge is 0.336 e. The maximum absolute atomic E-state index is 12.4. The van der Waals surface area contributed by atoms with Gasteiger partial charge in [-0.15, -0.1) is 6.42 Å². The van der Waals surface area contributed by atoms with Crippen molar-refractivity contribution in [2.24, 2.45) is 5.92 Å². The summed E-state index contributed by atoms with van der Waals surface area (Å²) in [4.78, 5) is 25.1. The van der Waals surface area contributed by atoms with Gasteiger partial charge in [0.05, 0.1) is 17.7 Å². The van der Waals surface area contributed by atoms with E-state index in [1.807, 2.05) is 0 Å². The average Bonchev–Trinajstić information content (AvgIpc) is 3.21. The lowest BCUT2D eigenvalue weighted by molar-refractivity contribution is 0.0678. The molecular formula is C15H15NO3. The van der Waals surface area contributed by atoms with Gasteiger partial charge in [0.15, 0.2) is 0 Å². The number of carboxylic acid groups (broad SMARTS) is 1. The first-order chi connectivity index (χ1) is 9.13. The Morgan fingerprint density at radius 2 is 1.95 bits per heavy atom. The Labute approximate surface area is 112 Å². The third-order valence-corrected chi connectivity index (χ3v) is 3.13. The molecule has 0 radical (unpaired) electrons. The number of carbonyl (C=O) groups excluding carboxylic acids is 1. The number of carboxylic acids is 1. The number of benzene rings is 1. The van der Waals surface area contributed by atoms with E-state index in [1.54, 1.807) is 17.0 Å². The molecule has 2 rings (SSSR count). The van der Waals surface area contributed by atoms with Gasteiger partial charge in [-0.3, -0.25) is 4.79 Å². The van der Waals surface area contributed by atoms with Crippen LogP contribution in [0.4, 0.5) is 0 Å². The molecule has 1 amide bonds. The third-order valence-electron chi connectivity index (χ3n) is 3.13. The maximum Gasteiger partial charge on any atom is 0.336 e. The summed E-state index contributed by atoms with van der Waals surface area (Å²) in [5.74, 6) is 1.56. The Balaban J connectivity index is 2.25. The fourth-order valence-corrected chi connectivity index (χ4v) is 1.97. The number of amides is 1. The minimum atomic E-state index is -1.10. The molecule has 19 heavy (non-hydrogen) atoms. The van der Waals surface area contributed by atoms with E-state index in [4.69, 9.17) is 11.5 Å². The van der Waals surface area contributed by atoms with Gasteiger partial charge in [0.2, 0.25) is 0 Å². The van der Waals surface area contributed by atoms with Crippen molar-refractivity contribution in [2.45, 2.75) is 12.8 Å². The second-order valence-corrected chi connectivity index (χ2v) is 4.68. The van der Waals surface area contributed by atoms with E-state index in [0.29, 0.717) is 12.5 Å². The molecule has 1 aliphatic carbocycles. The van der Waals surface area contributed by atoms with Crippen LogP contribution in [0.15, 0.2) is 24.3 Å². The minimum Gasteiger partial charge on any atom is -0.478 e. The Bertz CT molecular complexity index is 541. The van der Waals surface area contributed by atoms with E-state index in [-0.39, 0.29) is 23.6 Å². The average molecular weight is 257 g/mol. The molecule has 0 bridgehead atoms. The number of carbonyl (C=O) groups is 2. The molecule has 0 atom stereocenters. The van der Waals surface area contributed by atoms with Gasteiger partial charge in [-0.2, -0.15) is 0 Å². The molecule has 1 aliphatic rings. The van der Waals surface area contributed by atoms with Crippen LogP contribution in [0.3, 0.4) is 0 Å². The van der Waals surface area contributed by atoms with Gasteiger partial charge in [-0.1, -0.05) is 18.1 Å². The summed E-state index contributed by atoms with van der Waals surface area (Å²) in [7, 11) is 0. The highest BCUT2D eigenvalue weighted by Crippen LogP contribution is 2.30. The van der Waals surface area contributed by atoms with E-state index < -0.39 is 5.97 Å². The lowest BCUT2D eigenvalue weighted by atomic mass is 10.1. The largest absolute Gasteiger partial charge is 0.478 e. The van der Waals surface area contributed by atoms with E-state index in [9.17, 15) is 9.59 Å². The number of hydrogen-bond donors (Lipinski definition) is 1. The van der Waals surface area contributed by atoms with Gasteiger partial charge in [-0.25, -0.2) is 4.79 Å². The standard InChI is InChI=1S/C15H15NO3/c1-2-9-16(10-11-7-8-11)14(17)12-5-3-4-6-13(12)15(18)19/h1,3-6,11H,7-10H2,(H,18,19). The second kappa shape index (κ2) is 5.57. The molecule has 0 saturated heterocycles. The molecule has 0 aromatic heterocycles. The zero-order chi connectivity index (χ0) is 13.8. The summed E-state index contributed by atoms with van der Waals surface area (Å²) in [5.41, 5.74) is 0.219. The quantitative estimate of drug-likeness (QED) is 0.819. The number of hydrogen-bond acceptors (Lipinski definition) is 2. The predicted molar refractivity (Wildman–Crippen MR) is 70.9 cm³/mol.